The van der Waals surface area contributed by atoms with Gasteiger partial charge in [0, 0.05) is 37.8 Å². The molecule has 0 saturated carbocycles. The third kappa shape index (κ3) is 3.71. The van der Waals surface area contributed by atoms with Gasteiger partial charge >= 0.3 is 29.6 Å². The first-order valence-electron chi connectivity index (χ1n) is 10.3. The standard InChI is InChI=1S/C22H21F2N3O4.Na/c23-13-5-3-12(16(24)8-13)4-6-17(28)15-10-25-11-18-26-7-1-2-14(26)9-27(18)22(31)19(25)21(30)20(15)29;/h3,5,8,10,14,18,30H,1-2,4,6-7,9,11H2;/q;+1/p-1/t14-,18+;/m1./s1. The minimum Gasteiger partial charge on any atom is -0.868 e. The Balaban J connectivity index is 0.00000245. The molecule has 7 nitrogen and oxygen atoms in total. The largest absolute Gasteiger partial charge is 1.00 e. The predicted octanol–water partition coefficient (Wildman–Crippen LogP) is -1.72. The van der Waals surface area contributed by atoms with Crippen LogP contribution >= 0.6 is 0 Å². The van der Waals surface area contributed by atoms with Crippen molar-refractivity contribution in [1.82, 2.24) is 14.4 Å². The van der Waals surface area contributed by atoms with Crippen LogP contribution in [0, 0.1) is 11.6 Å². The third-order valence-corrected chi connectivity index (χ3v) is 6.57. The Morgan fingerprint density at radius 2 is 1.97 bits per heavy atom. The smallest absolute Gasteiger partial charge is 0.868 e. The maximum atomic E-state index is 13.8. The molecule has 1 amide bonds. The van der Waals surface area contributed by atoms with Gasteiger partial charge in [-0.05, 0) is 36.6 Å². The summed E-state index contributed by atoms with van der Waals surface area (Å²) in [6, 6.07) is 3.33. The fraction of sp³-hybridized carbons (Fsp3) is 0.409. The summed E-state index contributed by atoms with van der Waals surface area (Å²) in [6.45, 7) is 1.73. The number of aryl methyl sites for hydroxylation is 1. The van der Waals surface area contributed by atoms with E-state index in [4.69, 9.17) is 0 Å². The number of aromatic nitrogens is 1. The second kappa shape index (κ2) is 8.70. The van der Waals surface area contributed by atoms with Gasteiger partial charge in [-0.15, -0.1) is 0 Å². The van der Waals surface area contributed by atoms with E-state index in [1.54, 1.807) is 4.90 Å². The van der Waals surface area contributed by atoms with E-state index in [-0.39, 0.29) is 71.4 Å². The number of carbonyl (C=O) groups is 2. The topological polar surface area (TPSA) is 85.7 Å². The number of hydrogen-bond donors (Lipinski definition) is 0. The Labute approximate surface area is 204 Å². The van der Waals surface area contributed by atoms with E-state index in [0.29, 0.717) is 13.1 Å². The fourth-order valence-electron chi connectivity index (χ4n) is 5.02. The van der Waals surface area contributed by atoms with Crippen LogP contribution < -0.4 is 40.1 Å². The van der Waals surface area contributed by atoms with E-state index in [0.717, 1.165) is 31.5 Å². The number of rotatable bonds is 4. The molecule has 1 aromatic carbocycles. The Hall–Kier alpha value is -2.07. The molecule has 162 valence electrons. The van der Waals surface area contributed by atoms with Gasteiger partial charge in [0.2, 0.25) is 0 Å². The summed E-state index contributed by atoms with van der Waals surface area (Å²) in [5.41, 5.74) is -1.37. The molecule has 4 heterocycles. The van der Waals surface area contributed by atoms with Gasteiger partial charge in [-0.25, -0.2) is 8.78 Å². The number of hydrogen-bond acceptors (Lipinski definition) is 5. The molecule has 0 bridgehead atoms. The molecular formula is C22H20F2N3NaO4. The second-order valence-corrected chi connectivity index (χ2v) is 8.33. The number of pyridine rings is 1. The van der Waals surface area contributed by atoms with Crippen molar-refractivity contribution in [3.05, 3.63) is 63.1 Å². The molecule has 0 aliphatic carbocycles. The van der Waals surface area contributed by atoms with E-state index >= 15 is 0 Å². The summed E-state index contributed by atoms with van der Waals surface area (Å²) in [7, 11) is 0. The average Bonchev–Trinajstić information content (AvgIpc) is 3.32. The van der Waals surface area contributed by atoms with Crippen molar-refractivity contribution in [2.24, 2.45) is 0 Å². The maximum absolute atomic E-state index is 13.8. The molecule has 1 aromatic heterocycles. The number of carbonyl (C=O) groups excluding carboxylic acids is 2. The summed E-state index contributed by atoms with van der Waals surface area (Å²) >= 11 is 0. The van der Waals surface area contributed by atoms with Crippen LogP contribution in [0.4, 0.5) is 8.78 Å². The minimum atomic E-state index is -1.01. The van der Waals surface area contributed by atoms with Crippen molar-refractivity contribution in [3.63, 3.8) is 0 Å². The van der Waals surface area contributed by atoms with Crippen molar-refractivity contribution >= 4 is 11.7 Å². The van der Waals surface area contributed by atoms with Gasteiger partial charge < -0.3 is 14.6 Å². The number of fused-ring (bicyclic) bond motifs is 4. The molecule has 0 radical (unpaired) electrons. The van der Waals surface area contributed by atoms with Crippen LogP contribution in [0.3, 0.4) is 0 Å². The Kier molecular flexibility index (Phi) is 6.28. The first-order valence-corrected chi connectivity index (χ1v) is 10.3. The van der Waals surface area contributed by atoms with Crippen LogP contribution in [-0.4, -0.2) is 51.4 Å². The van der Waals surface area contributed by atoms with Crippen LogP contribution in [0.15, 0.2) is 29.2 Å². The normalized spacial score (nSPS) is 21.7. The third-order valence-electron chi connectivity index (χ3n) is 6.57. The van der Waals surface area contributed by atoms with Gasteiger partial charge in [0.15, 0.2) is 11.2 Å². The monoisotopic (exact) mass is 451 g/mol. The first-order chi connectivity index (χ1) is 14.8. The van der Waals surface area contributed by atoms with Gasteiger partial charge in [-0.3, -0.25) is 19.3 Å². The summed E-state index contributed by atoms with van der Waals surface area (Å²) < 4.78 is 28.3. The van der Waals surface area contributed by atoms with Crippen molar-refractivity contribution in [2.75, 3.05) is 13.1 Å². The van der Waals surface area contributed by atoms with E-state index < -0.39 is 34.5 Å². The van der Waals surface area contributed by atoms with Crippen LogP contribution in [0.1, 0.15) is 45.7 Å². The summed E-state index contributed by atoms with van der Waals surface area (Å²) in [5.74, 6) is -3.55. The van der Waals surface area contributed by atoms with Crippen molar-refractivity contribution < 1.29 is 53.0 Å². The molecule has 2 aromatic rings. The quantitative estimate of drug-likeness (QED) is 0.408. The van der Waals surface area contributed by atoms with E-state index in [1.165, 1.54) is 16.8 Å². The van der Waals surface area contributed by atoms with Crippen LogP contribution in [0.25, 0.3) is 0 Å². The summed E-state index contributed by atoms with van der Waals surface area (Å²) in [4.78, 5) is 42.1. The van der Waals surface area contributed by atoms with Crippen LogP contribution in [-0.2, 0) is 13.0 Å². The summed E-state index contributed by atoms with van der Waals surface area (Å²) in [6.07, 6.45) is 2.89. The number of halogens is 2. The number of nitrogens with zero attached hydrogens (tertiary/aromatic N) is 3. The zero-order chi connectivity index (χ0) is 21.9. The zero-order valence-electron chi connectivity index (χ0n) is 17.6. The van der Waals surface area contributed by atoms with Gasteiger partial charge in [-0.2, -0.15) is 0 Å². The van der Waals surface area contributed by atoms with Gasteiger partial charge in [-0.1, -0.05) is 6.07 Å². The van der Waals surface area contributed by atoms with Gasteiger partial charge in [0.25, 0.3) is 5.91 Å². The van der Waals surface area contributed by atoms with E-state index in [9.17, 15) is 28.3 Å². The van der Waals surface area contributed by atoms with Crippen molar-refractivity contribution in [3.8, 4) is 5.75 Å². The Morgan fingerprint density at radius 1 is 1.19 bits per heavy atom. The predicted molar refractivity (Wildman–Crippen MR) is 104 cm³/mol. The molecular weight excluding hydrogens is 431 g/mol. The molecule has 10 heteroatoms. The Morgan fingerprint density at radius 3 is 2.72 bits per heavy atom. The molecule has 2 saturated heterocycles. The maximum Gasteiger partial charge on any atom is 1.00 e. The molecule has 5 rings (SSSR count). The number of ketones is 1. The second-order valence-electron chi connectivity index (χ2n) is 8.33. The number of Topliss-reactive ketones (excluding diaryl/α,β-unsaturated/α-hetero) is 1. The molecule has 0 unspecified atom stereocenters. The first kappa shape index (κ1) is 23.1. The molecule has 0 spiro atoms. The van der Waals surface area contributed by atoms with Crippen LogP contribution in [0.5, 0.6) is 5.75 Å². The van der Waals surface area contributed by atoms with Gasteiger partial charge in [0.1, 0.15) is 23.5 Å². The van der Waals surface area contributed by atoms with Crippen LogP contribution in [0.2, 0.25) is 0 Å². The SMILES string of the molecule is O=C(CCc1ccc(F)cc1F)c1cn2c(c([O-])c1=O)C(=O)N1C[C@H]3CCCN3[C@@H]1C2.[Na+]. The van der Waals surface area contributed by atoms with E-state index in [1.807, 2.05) is 0 Å². The fourth-order valence-corrected chi connectivity index (χ4v) is 5.02. The molecule has 32 heavy (non-hydrogen) atoms. The molecule has 2 fully saturated rings. The zero-order valence-corrected chi connectivity index (χ0v) is 19.6. The number of benzene rings is 1. The average molecular weight is 451 g/mol. The minimum absolute atomic E-state index is 0. The van der Waals surface area contributed by atoms with Crippen molar-refractivity contribution in [1.29, 1.82) is 0 Å². The Bertz CT molecular complexity index is 1170. The van der Waals surface area contributed by atoms with E-state index in [2.05, 4.69) is 4.90 Å². The molecule has 0 N–H and O–H groups in total. The molecule has 2 atom stereocenters. The summed E-state index contributed by atoms with van der Waals surface area (Å²) in [5, 5.41) is 12.7. The number of amides is 1. The molecule has 3 aliphatic heterocycles. The van der Waals surface area contributed by atoms with Crippen molar-refractivity contribution in [2.45, 2.75) is 44.4 Å². The van der Waals surface area contributed by atoms with Gasteiger partial charge in [0.05, 0.1) is 12.1 Å². The molecule has 3 aliphatic rings.